The molecule has 3 heterocycles. The molecule has 6 heteroatoms. The molecule has 0 aliphatic carbocycles. The SMILES string of the molecule is O=C(NC1CCCN(Cc2cccs2)C1)C1CCN(CCO)CC1. The van der Waals surface area contributed by atoms with Crippen molar-refractivity contribution in [2.45, 2.75) is 38.3 Å². The van der Waals surface area contributed by atoms with Gasteiger partial charge < -0.3 is 15.3 Å². The van der Waals surface area contributed by atoms with Gasteiger partial charge in [-0.3, -0.25) is 9.69 Å². The van der Waals surface area contributed by atoms with Crippen LogP contribution >= 0.6 is 11.3 Å². The van der Waals surface area contributed by atoms with Gasteiger partial charge >= 0.3 is 0 Å². The molecule has 0 saturated carbocycles. The summed E-state index contributed by atoms with van der Waals surface area (Å²) in [5.41, 5.74) is 0. The first-order chi connectivity index (χ1) is 11.7. The Morgan fingerprint density at radius 2 is 2.08 bits per heavy atom. The van der Waals surface area contributed by atoms with E-state index in [2.05, 4.69) is 32.6 Å². The van der Waals surface area contributed by atoms with Crippen LogP contribution in [0.4, 0.5) is 0 Å². The lowest BCUT2D eigenvalue weighted by Crippen LogP contribution is -2.50. The second-order valence-electron chi connectivity index (χ2n) is 7.00. The number of rotatable bonds is 6. The summed E-state index contributed by atoms with van der Waals surface area (Å²) in [5, 5.41) is 14.4. The number of nitrogens with zero attached hydrogens (tertiary/aromatic N) is 2. The highest BCUT2D eigenvalue weighted by Gasteiger charge is 2.28. The van der Waals surface area contributed by atoms with Crippen LogP contribution in [0.5, 0.6) is 0 Å². The van der Waals surface area contributed by atoms with Crippen LogP contribution in [0.1, 0.15) is 30.6 Å². The van der Waals surface area contributed by atoms with Crippen LogP contribution in [0.3, 0.4) is 0 Å². The maximum Gasteiger partial charge on any atom is 0.223 e. The van der Waals surface area contributed by atoms with Crippen molar-refractivity contribution in [3.8, 4) is 0 Å². The van der Waals surface area contributed by atoms with Crippen molar-refractivity contribution in [1.29, 1.82) is 0 Å². The largest absolute Gasteiger partial charge is 0.395 e. The highest BCUT2D eigenvalue weighted by Crippen LogP contribution is 2.20. The highest BCUT2D eigenvalue weighted by molar-refractivity contribution is 7.09. The predicted octanol–water partition coefficient (Wildman–Crippen LogP) is 1.53. The predicted molar refractivity (Wildman–Crippen MR) is 97.0 cm³/mol. The van der Waals surface area contributed by atoms with Crippen molar-refractivity contribution < 1.29 is 9.90 Å². The number of aliphatic hydroxyl groups is 1. The van der Waals surface area contributed by atoms with E-state index in [0.29, 0.717) is 6.04 Å². The molecule has 3 rings (SSSR count). The molecule has 1 aromatic heterocycles. The zero-order chi connectivity index (χ0) is 16.8. The van der Waals surface area contributed by atoms with Crippen LogP contribution in [0.15, 0.2) is 17.5 Å². The van der Waals surface area contributed by atoms with Gasteiger partial charge in [-0.25, -0.2) is 0 Å². The number of β-amino-alcohol motifs (C(OH)–C–C–N with tert-alkyl or cyclic N) is 1. The third-order valence-corrected chi connectivity index (χ3v) is 6.05. The fourth-order valence-corrected chi connectivity index (χ4v) is 4.57. The smallest absolute Gasteiger partial charge is 0.223 e. The molecule has 1 aromatic rings. The minimum atomic E-state index is 0.146. The van der Waals surface area contributed by atoms with E-state index < -0.39 is 0 Å². The van der Waals surface area contributed by atoms with Crippen molar-refractivity contribution in [2.75, 3.05) is 39.3 Å². The minimum absolute atomic E-state index is 0.146. The number of piperidine rings is 2. The van der Waals surface area contributed by atoms with Crippen LogP contribution in [-0.4, -0.2) is 66.2 Å². The number of hydrogen-bond donors (Lipinski definition) is 2. The van der Waals surface area contributed by atoms with Gasteiger partial charge in [-0.15, -0.1) is 11.3 Å². The molecule has 2 aliphatic rings. The minimum Gasteiger partial charge on any atom is -0.395 e. The van der Waals surface area contributed by atoms with Gasteiger partial charge in [0.15, 0.2) is 0 Å². The highest BCUT2D eigenvalue weighted by atomic mass is 32.1. The quantitative estimate of drug-likeness (QED) is 0.816. The molecule has 2 aliphatic heterocycles. The number of nitrogens with one attached hydrogen (secondary N) is 1. The maximum absolute atomic E-state index is 12.6. The molecule has 1 atom stereocenters. The standard InChI is InChI=1S/C18H29N3O2S/c22-11-10-20-8-5-15(6-9-20)18(23)19-16-3-1-7-21(13-16)14-17-4-2-12-24-17/h2,4,12,15-16,22H,1,3,5-11,13-14H2,(H,19,23). The van der Waals surface area contributed by atoms with Gasteiger partial charge in [0.05, 0.1) is 6.61 Å². The summed E-state index contributed by atoms with van der Waals surface area (Å²) >= 11 is 1.81. The zero-order valence-electron chi connectivity index (χ0n) is 14.3. The van der Waals surface area contributed by atoms with Crippen molar-refractivity contribution in [3.05, 3.63) is 22.4 Å². The summed E-state index contributed by atoms with van der Waals surface area (Å²) in [4.78, 5) is 18.7. The summed E-state index contributed by atoms with van der Waals surface area (Å²) in [6, 6.07) is 4.58. The lowest BCUT2D eigenvalue weighted by atomic mass is 9.95. The average Bonchev–Trinajstić information content (AvgIpc) is 3.09. The van der Waals surface area contributed by atoms with Crippen LogP contribution in [-0.2, 0) is 11.3 Å². The number of likely N-dealkylation sites (tertiary alicyclic amines) is 2. The molecule has 0 spiro atoms. The summed E-state index contributed by atoms with van der Waals surface area (Å²) in [7, 11) is 0. The van der Waals surface area contributed by atoms with Crippen LogP contribution in [0.25, 0.3) is 0 Å². The third kappa shape index (κ3) is 5.02. The van der Waals surface area contributed by atoms with E-state index in [-0.39, 0.29) is 18.4 Å². The Bertz CT molecular complexity index is 500. The van der Waals surface area contributed by atoms with Crippen LogP contribution in [0.2, 0.25) is 0 Å². The van der Waals surface area contributed by atoms with Gasteiger partial charge in [0.25, 0.3) is 0 Å². The van der Waals surface area contributed by atoms with Crippen molar-refractivity contribution in [3.63, 3.8) is 0 Å². The lowest BCUT2D eigenvalue weighted by Gasteiger charge is -2.35. The number of hydrogen-bond acceptors (Lipinski definition) is 5. The van der Waals surface area contributed by atoms with Crippen LogP contribution in [0, 0.1) is 5.92 Å². The first-order valence-electron chi connectivity index (χ1n) is 9.13. The summed E-state index contributed by atoms with van der Waals surface area (Å²) in [6.07, 6.45) is 4.08. The van der Waals surface area contributed by atoms with Gasteiger partial charge in [-0.05, 0) is 56.8 Å². The molecule has 2 fully saturated rings. The normalized spacial score (nSPS) is 24.1. The molecular weight excluding hydrogens is 322 g/mol. The van der Waals surface area contributed by atoms with E-state index in [0.717, 1.165) is 65.0 Å². The monoisotopic (exact) mass is 351 g/mol. The van der Waals surface area contributed by atoms with Gasteiger partial charge in [0.1, 0.15) is 0 Å². The first-order valence-corrected chi connectivity index (χ1v) is 10.0. The molecule has 134 valence electrons. The van der Waals surface area contributed by atoms with Gasteiger partial charge in [-0.2, -0.15) is 0 Å². The second kappa shape index (κ2) is 8.94. The molecule has 1 unspecified atom stereocenters. The van der Waals surface area contributed by atoms with Crippen molar-refractivity contribution in [1.82, 2.24) is 15.1 Å². The molecule has 1 amide bonds. The Hall–Kier alpha value is -0.950. The number of carbonyl (C=O) groups is 1. The molecule has 2 N–H and O–H groups in total. The fourth-order valence-electron chi connectivity index (χ4n) is 3.82. The Kier molecular flexibility index (Phi) is 6.66. The van der Waals surface area contributed by atoms with Crippen molar-refractivity contribution in [2.24, 2.45) is 5.92 Å². The lowest BCUT2D eigenvalue weighted by molar-refractivity contribution is -0.127. The van der Waals surface area contributed by atoms with E-state index in [1.165, 1.54) is 4.88 Å². The Labute approximate surface area is 148 Å². The van der Waals surface area contributed by atoms with Crippen molar-refractivity contribution >= 4 is 17.2 Å². The van der Waals surface area contributed by atoms with Gasteiger partial charge in [-0.1, -0.05) is 6.07 Å². The molecule has 0 radical (unpaired) electrons. The number of carbonyl (C=O) groups excluding carboxylic acids is 1. The maximum atomic E-state index is 12.6. The van der Waals surface area contributed by atoms with E-state index >= 15 is 0 Å². The van der Waals surface area contributed by atoms with E-state index in [1.807, 2.05) is 11.3 Å². The van der Waals surface area contributed by atoms with Gasteiger partial charge in [0, 0.05) is 36.5 Å². The number of thiophene rings is 1. The second-order valence-corrected chi connectivity index (χ2v) is 8.03. The third-order valence-electron chi connectivity index (χ3n) is 5.19. The summed E-state index contributed by atoms with van der Waals surface area (Å²) in [5.74, 6) is 0.384. The first kappa shape index (κ1) is 17.9. The molecule has 24 heavy (non-hydrogen) atoms. The molecule has 0 aromatic carbocycles. The van der Waals surface area contributed by atoms with E-state index in [1.54, 1.807) is 0 Å². The zero-order valence-corrected chi connectivity index (χ0v) is 15.1. The molecular formula is C18H29N3O2S. The molecule has 0 bridgehead atoms. The van der Waals surface area contributed by atoms with Gasteiger partial charge in [0.2, 0.25) is 5.91 Å². The fraction of sp³-hybridized carbons (Fsp3) is 0.722. The Morgan fingerprint density at radius 3 is 2.79 bits per heavy atom. The number of aliphatic hydroxyl groups excluding tert-OH is 1. The molecule has 5 nitrogen and oxygen atoms in total. The Balaban J connectivity index is 1.42. The molecule has 2 saturated heterocycles. The topological polar surface area (TPSA) is 55.8 Å². The summed E-state index contributed by atoms with van der Waals surface area (Å²) in [6.45, 7) is 5.88. The number of amides is 1. The average molecular weight is 352 g/mol. The summed E-state index contributed by atoms with van der Waals surface area (Å²) < 4.78 is 0. The Morgan fingerprint density at radius 1 is 1.25 bits per heavy atom. The van der Waals surface area contributed by atoms with E-state index in [9.17, 15) is 4.79 Å². The van der Waals surface area contributed by atoms with Crippen LogP contribution < -0.4 is 5.32 Å². The van der Waals surface area contributed by atoms with E-state index in [4.69, 9.17) is 5.11 Å².